The number of nitrogens with zero attached hydrogens (tertiary/aromatic N) is 1. The van der Waals surface area contributed by atoms with E-state index in [1.165, 1.54) is 6.08 Å². The molecule has 1 amide bonds. The van der Waals surface area contributed by atoms with E-state index in [0.717, 1.165) is 28.2 Å². The number of hydrogen-bond acceptors (Lipinski definition) is 1. The van der Waals surface area contributed by atoms with E-state index in [0.29, 0.717) is 12.0 Å². The third kappa shape index (κ3) is 4.11. The molecule has 0 saturated carbocycles. The molecule has 0 fully saturated rings. The average Bonchev–Trinajstić information content (AvgIpc) is 3.09. The number of aromatic nitrogens is 1. The number of halogens is 1. The van der Waals surface area contributed by atoms with Crippen molar-refractivity contribution in [2.24, 2.45) is 7.05 Å². The van der Waals surface area contributed by atoms with Crippen molar-refractivity contribution < 1.29 is 9.18 Å². The number of nitrogens with one attached hydrogen (secondary N) is 1. The van der Waals surface area contributed by atoms with Crippen molar-refractivity contribution in [2.75, 3.05) is 5.32 Å². The third-order valence-corrected chi connectivity index (χ3v) is 5.76. The highest BCUT2D eigenvalue weighted by molar-refractivity contribution is 6.10. The van der Waals surface area contributed by atoms with E-state index in [9.17, 15) is 9.18 Å². The molecule has 1 heterocycles. The lowest BCUT2D eigenvalue weighted by molar-refractivity contribution is 0.102. The van der Waals surface area contributed by atoms with Gasteiger partial charge >= 0.3 is 0 Å². The number of hydrogen-bond donors (Lipinski definition) is 1. The van der Waals surface area contributed by atoms with Gasteiger partial charge in [0.25, 0.3) is 5.91 Å². The summed E-state index contributed by atoms with van der Waals surface area (Å²) in [5, 5.41) is 3.07. The average molecular weight is 415 g/mol. The Labute approximate surface area is 182 Å². The molecule has 158 valence electrons. The van der Waals surface area contributed by atoms with Crippen LogP contribution in [0, 0.1) is 0 Å². The maximum atomic E-state index is 13.7. The van der Waals surface area contributed by atoms with Gasteiger partial charge in [-0.25, -0.2) is 4.39 Å². The summed E-state index contributed by atoms with van der Waals surface area (Å²) in [5.74, 6) is -0.206. The first-order chi connectivity index (χ1) is 15.0. The maximum absolute atomic E-state index is 13.7. The number of carbonyl (C=O) groups is 1. The van der Waals surface area contributed by atoms with Gasteiger partial charge in [0.05, 0.1) is 5.56 Å². The topological polar surface area (TPSA) is 34.0 Å². The molecular formula is C27H27FN2O. The van der Waals surface area contributed by atoms with Crippen LogP contribution in [-0.4, -0.2) is 10.5 Å². The summed E-state index contributed by atoms with van der Waals surface area (Å²) in [6.45, 7) is 4.20. The van der Waals surface area contributed by atoms with Crippen molar-refractivity contribution in [1.29, 1.82) is 0 Å². The Morgan fingerprint density at radius 2 is 1.71 bits per heavy atom. The number of benzene rings is 2. The van der Waals surface area contributed by atoms with Crippen molar-refractivity contribution in [3.05, 3.63) is 102 Å². The summed E-state index contributed by atoms with van der Waals surface area (Å²) < 4.78 is 15.8. The number of anilines is 1. The van der Waals surface area contributed by atoms with Crippen LogP contribution in [0.1, 0.15) is 53.8 Å². The molecule has 31 heavy (non-hydrogen) atoms. The Hall–Kier alpha value is -3.40. The maximum Gasteiger partial charge on any atom is 0.258 e. The lowest BCUT2D eigenvalue weighted by atomic mass is 9.89. The number of para-hydroxylation sites is 1. The summed E-state index contributed by atoms with van der Waals surface area (Å²) in [7, 11) is 2.01. The summed E-state index contributed by atoms with van der Waals surface area (Å²) in [4.78, 5) is 13.6. The van der Waals surface area contributed by atoms with Crippen LogP contribution in [0.2, 0.25) is 0 Å². The molecule has 4 rings (SSSR count). The molecule has 1 aromatic heterocycles. The zero-order chi connectivity index (χ0) is 22.0. The molecule has 0 radical (unpaired) electrons. The van der Waals surface area contributed by atoms with Gasteiger partial charge in [-0.1, -0.05) is 68.5 Å². The highest BCUT2D eigenvalue weighted by Crippen LogP contribution is 2.42. The Kier molecular flexibility index (Phi) is 5.90. The molecule has 1 atom stereocenters. The molecule has 3 aromatic rings. The van der Waals surface area contributed by atoms with Gasteiger partial charge in [-0.05, 0) is 42.2 Å². The second-order valence-electron chi connectivity index (χ2n) is 8.21. The Bertz CT molecular complexity index is 1140. The van der Waals surface area contributed by atoms with Gasteiger partial charge in [0.2, 0.25) is 0 Å². The van der Waals surface area contributed by atoms with Crippen LogP contribution < -0.4 is 5.32 Å². The van der Waals surface area contributed by atoms with Crippen LogP contribution >= 0.6 is 0 Å². The molecule has 3 nitrogen and oxygen atoms in total. The van der Waals surface area contributed by atoms with Gasteiger partial charge in [-0.2, -0.15) is 0 Å². The molecule has 1 aliphatic carbocycles. The molecule has 0 saturated heterocycles. The zero-order valence-corrected chi connectivity index (χ0v) is 18.1. The first kappa shape index (κ1) is 20.9. The predicted molar refractivity (Wildman–Crippen MR) is 125 cm³/mol. The van der Waals surface area contributed by atoms with Crippen LogP contribution in [0.5, 0.6) is 0 Å². The minimum Gasteiger partial charge on any atom is -0.349 e. The van der Waals surface area contributed by atoms with E-state index in [-0.39, 0.29) is 23.6 Å². The summed E-state index contributed by atoms with van der Waals surface area (Å²) in [6.07, 6.45) is 5.61. The molecule has 0 spiro atoms. The van der Waals surface area contributed by atoms with E-state index in [1.807, 2.05) is 73.8 Å². The minimum atomic E-state index is -0.210. The number of rotatable bonds is 5. The van der Waals surface area contributed by atoms with E-state index in [4.69, 9.17) is 0 Å². The third-order valence-electron chi connectivity index (χ3n) is 5.76. The Morgan fingerprint density at radius 3 is 2.29 bits per heavy atom. The van der Waals surface area contributed by atoms with Crippen molar-refractivity contribution in [3.8, 4) is 11.1 Å². The van der Waals surface area contributed by atoms with Crippen LogP contribution in [0.15, 0.2) is 84.7 Å². The number of carbonyl (C=O) groups excluding carboxylic acids is 1. The van der Waals surface area contributed by atoms with Gasteiger partial charge in [0.1, 0.15) is 5.83 Å². The Morgan fingerprint density at radius 1 is 1.06 bits per heavy atom. The SMILES string of the molecule is CC(C)c1c(C(=O)Nc2ccccc2)c(-c2ccccc2)c(C2C=CC(F)=CC2)n1C. The fraction of sp³-hybridized carbons (Fsp3) is 0.222. The van der Waals surface area contributed by atoms with Crippen molar-refractivity contribution in [2.45, 2.75) is 32.1 Å². The highest BCUT2D eigenvalue weighted by Gasteiger charge is 2.31. The van der Waals surface area contributed by atoms with Crippen LogP contribution in [0.25, 0.3) is 11.1 Å². The summed E-state index contributed by atoms with van der Waals surface area (Å²) >= 11 is 0. The van der Waals surface area contributed by atoms with Crippen molar-refractivity contribution >= 4 is 11.6 Å². The lowest BCUT2D eigenvalue weighted by Crippen LogP contribution is -2.15. The van der Waals surface area contributed by atoms with E-state index in [2.05, 4.69) is 23.7 Å². The van der Waals surface area contributed by atoms with Crippen LogP contribution in [-0.2, 0) is 7.05 Å². The molecular weight excluding hydrogens is 387 g/mol. The molecule has 1 unspecified atom stereocenters. The molecule has 4 heteroatoms. The second-order valence-corrected chi connectivity index (χ2v) is 8.21. The van der Waals surface area contributed by atoms with E-state index < -0.39 is 0 Å². The van der Waals surface area contributed by atoms with Crippen LogP contribution in [0.4, 0.5) is 10.1 Å². The van der Waals surface area contributed by atoms with Crippen molar-refractivity contribution in [3.63, 3.8) is 0 Å². The van der Waals surface area contributed by atoms with Gasteiger partial charge in [0.15, 0.2) is 0 Å². The van der Waals surface area contributed by atoms with E-state index >= 15 is 0 Å². The van der Waals surface area contributed by atoms with Gasteiger partial charge in [0, 0.05) is 35.6 Å². The quantitative estimate of drug-likeness (QED) is 0.481. The zero-order valence-electron chi connectivity index (χ0n) is 18.1. The number of allylic oxidation sites excluding steroid dienone is 4. The van der Waals surface area contributed by atoms with Crippen molar-refractivity contribution in [1.82, 2.24) is 4.57 Å². The van der Waals surface area contributed by atoms with Crippen LogP contribution in [0.3, 0.4) is 0 Å². The van der Waals surface area contributed by atoms with Gasteiger partial charge < -0.3 is 9.88 Å². The summed E-state index contributed by atoms with van der Waals surface area (Å²) in [6, 6.07) is 19.5. The monoisotopic (exact) mass is 414 g/mol. The summed E-state index contributed by atoms with van der Waals surface area (Å²) in [5.41, 5.74) is 5.37. The lowest BCUT2D eigenvalue weighted by Gasteiger charge is -2.19. The van der Waals surface area contributed by atoms with E-state index in [1.54, 1.807) is 6.08 Å². The highest BCUT2D eigenvalue weighted by atomic mass is 19.1. The molecule has 1 aliphatic rings. The largest absolute Gasteiger partial charge is 0.349 e. The van der Waals surface area contributed by atoms with Gasteiger partial charge in [-0.3, -0.25) is 4.79 Å². The predicted octanol–water partition coefficient (Wildman–Crippen LogP) is 6.96. The van der Waals surface area contributed by atoms with Gasteiger partial charge in [-0.15, -0.1) is 0 Å². The molecule has 2 aromatic carbocycles. The minimum absolute atomic E-state index is 0.00418. The molecule has 0 bridgehead atoms. The standard InChI is InChI=1S/C27H27FN2O/c1-18(2)25-24(27(31)29-22-12-8-5-9-13-22)23(19-10-6-4-7-11-19)26(30(25)3)20-14-16-21(28)17-15-20/h4-14,16-18,20H,15H2,1-3H3,(H,29,31). The fourth-order valence-electron chi connectivity index (χ4n) is 4.47. The first-order valence-corrected chi connectivity index (χ1v) is 10.7. The normalized spacial score (nSPS) is 15.8. The molecule has 1 N–H and O–H groups in total. The Balaban J connectivity index is 1.93. The smallest absolute Gasteiger partial charge is 0.258 e. The molecule has 0 aliphatic heterocycles. The number of amides is 1. The fourth-order valence-corrected chi connectivity index (χ4v) is 4.47. The second kappa shape index (κ2) is 8.76. The first-order valence-electron chi connectivity index (χ1n) is 10.7.